The summed E-state index contributed by atoms with van der Waals surface area (Å²) < 4.78 is 1.49. The fourth-order valence-electron chi connectivity index (χ4n) is 2.89. The zero-order chi connectivity index (χ0) is 16.4. The van der Waals surface area contributed by atoms with Gasteiger partial charge in [0.15, 0.2) is 0 Å². The van der Waals surface area contributed by atoms with Crippen molar-refractivity contribution in [3.8, 4) is 0 Å². The van der Waals surface area contributed by atoms with Crippen LogP contribution in [-0.4, -0.2) is 23.6 Å². The number of anilines is 2. The average molecular weight is 331 g/mol. The molecule has 1 aromatic carbocycles. The van der Waals surface area contributed by atoms with E-state index in [0.29, 0.717) is 0 Å². The van der Waals surface area contributed by atoms with Crippen molar-refractivity contribution in [3.05, 3.63) is 44.5 Å². The topological polar surface area (TPSA) is 54.3 Å². The Bertz CT molecular complexity index is 772. The molecule has 0 radical (unpaired) electrons. The summed E-state index contributed by atoms with van der Waals surface area (Å²) in [6.07, 6.45) is 2.48. The molecule has 1 saturated heterocycles. The third-order valence-corrected chi connectivity index (χ3v) is 5.11. The lowest BCUT2D eigenvalue weighted by molar-refractivity contribution is -0.116. The number of aromatic nitrogens is 1. The van der Waals surface area contributed by atoms with Crippen LogP contribution in [0.3, 0.4) is 0 Å². The fraction of sp³-hybridized carbons (Fsp3) is 0.412. The number of hydrogen-bond acceptors (Lipinski definition) is 4. The summed E-state index contributed by atoms with van der Waals surface area (Å²) in [6, 6.07) is 6.11. The van der Waals surface area contributed by atoms with Crippen LogP contribution >= 0.6 is 11.3 Å². The highest BCUT2D eigenvalue weighted by atomic mass is 32.1. The molecule has 5 nitrogen and oxygen atoms in total. The number of rotatable bonds is 4. The minimum absolute atomic E-state index is 0.0570. The van der Waals surface area contributed by atoms with Crippen LogP contribution in [0, 0.1) is 13.8 Å². The first-order valence-electron chi connectivity index (χ1n) is 7.85. The molecule has 1 aliphatic heterocycles. The van der Waals surface area contributed by atoms with Crippen LogP contribution in [-0.2, 0) is 11.3 Å². The molecular formula is C17H21N3O2S. The first kappa shape index (κ1) is 15.8. The Hall–Kier alpha value is -2.08. The molecule has 23 heavy (non-hydrogen) atoms. The molecular weight excluding hydrogens is 310 g/mol. The normalized spacial score (nSPS) is 14.3. The third-order valence-electron chi connectivity index (χ3n) is 4.23. The molecule has 1 aromatic heterocycles. The Labute approximate surface area is 139 Å². The summed E-state index contributed by atoms with van der Waals surface area (Å²) in [6.45, 7) is 6.09. The monoisotopic (exact) mass is 331 g/mol. The van der Waals surface area contributed by atoms with Gasteiger partial charge in [-0.15, -0.1) is 0 Å². The van der Waals surface area contributed by atoms with Crippen LogP contribution in [0.25, 0.3) is 0 Å². The van der Waals surface area contributed by atoms with Crippen molar-refractivity contribution < 1.29 is 4.79 Å². The molecule has 1 aliphatic rings. The molecule has 2 aromatic rings. The van der Waals surface area contributed by atoms with Crippen LogP contribution in [0.4, 0.5) is 11.4 Å². The highest BCUT2D eigenvalue weighted by Crippen LogP contribution is 2.25. The van der Waals surface area contributed by atoms with Gasteiger partial charge in [0.1, 0.15) is 6.54 Å². The molecule has 2 heterocycles. The van der Waals surface area contributed by atoms with Crippen molar-refractivity contribution in [1.82, 2.24) is 4.57 Å². The minimum Gasteiger partial charge on any atom is -0.372 e. The van der Waals surface area contributed by atoms with Crippen LogP contribution in [0.5, 0.6) is 0 Å². The lowest BCUT2D eigenvalue weighted by atomic mass is 10.1. The van der Waals surface area contributed by atoms with E-state index in [4.69, 9.17) is 0 Å². The van der Waals surface area contributed by atoms with Gasteiger partial charge in [-0.2, -0.15) is 0 Å². The van der Waals surface area contributed by atoms with E-state index in [2.05, 4.69) is 22.3 Å². The van der Waals surface area contributed by atoms with Gasteiger partial charge in [0.05, 0.1) is 0 Å². The van der Waals surface area contributed by atoms with Crippen molar-refractivity contribution in [3.63, 3.8) is 0 Å². The van der Waals surface area contributed by atoms with Gasteiger partial charge in [-0.25, -0.2) is 0 Å². The summed E-state index contributed by atoms with van der Waals surface area (Å²) in [4.78, 5) is 26.2. The van der Waals surface area contributed by atoms with Crippen LogP contribution in [0.2, 0.25) is 0 Å². The molecule has 122 valence electrons. The standard InChI is InChI=1S/C17H21N3O2S/c1-12-9-14(19-7-3-4-8-19)5-6-15(12)18-16(21)10-20-13(2)11-23-17(20)22/h5-6,9,11H,3-4,7-8,10H2,1-2H3,(H,18,21). The van der Waals surface area contributed by atoms with E-state index in [-0.39, 0.29) is 17.3 Å². The van der Waals surface area contributed by atoms with E-state index in [1.54, 1.807) is 5.38 Å². The molecule has 1 amide bonds. The number of thiazole rings is 1. The number of nitrogens with one attached hydrogen (secondary N) is 1. The molecule has 1 fully saturated rings. The van der Waals surface area contributed by atoms with E-state index < -0.39 is 0 Å². The number of benzene rings is 1. The number of carbonyl (C=O) groups is 1. The summed E-state index contributed by atoms with van der Waals surface area (Å²) in [5, 5.41) is 4.68. The minimum atomic E-state index is -0.175. The summed E-state index contributed by atoms with van der Waals surface area (Å²) in [5.74, 6) is -0.175. The Kier molecular flexibility index (Phi) is 4.52. The molecule has 0 spiro atoms. The van der Waals surface area contributed by atoms with E-state index in [1.165, 1.54) is 23.1 Å². The van der Waals surface area contributed by atoms with Gasteiger partial charge in [-0.05, 0) is 50.5 Å². The molecule has 0 bridgehead atoms. The van der Waals surface area contributed by atoms with E-state index >= 15 is 0 Å². The van der Waals surface area contributed by atoms with Gasteiger partial charge in [0.2, 0.25) is 5.91 Å². The van der Waals surface area contributed by atoms with Crippen LogP contribution in [0.1, 0.15) is 24.1 Å². The van der Waals surface area contributed by atoms with E-state index in [9.17, 15) is 9.59 Å². The van der Waals surface area contributed by atoms with Gasteiger partial charge in [0, 0.05) is 35.5 Å². The van der Waals surface area contributed by atoms with E-state index in [1.807, 2.05) is 19.9 Å². The second-order valence-corrected chi connectivity index (χ2v) is 6.79. The SMILES string of the molecule is Cc1cc(N2CCCC2)ccc1NC(=O)Cn1c(C)csc1=O. The Morgan fingerprint density at radius 3 is 2.61 bits per heavy atom. The van der Waals surface area contributed by atoms with Crippen LogP contribution < -0.4 is 15.1 Å². The number of nitrogens with zero attached hydrogens (tertiary/aromatic N) is 2. The number of aryl methyl sites for hydroxylation is 2. The van der Waals surface area contributed by atoms with Crippen molar-refractivity contribution in [2.75, 3.05) is 23.3 Å². The molecule has 0 unspecified atom stereocenters. The highest BCUT2D eigenvalue weighted by molar-refractivity contribution is 7.07. The fourth-order valence-corrected chi connectivity index (χ4v) is 3.62. The van der Waals surface area contributed by atoms with Gasteiger partial charge < -0.3 is 10.2 Å². The summed E-state index contributed by atoms with van der Waals surface area (Å²) >= 11 is 1.12. The molecule has 6 heteroatoms. The molecule has 0 saturated carbocycles. The summed E-state index contributed by atoms with van der Waals surface area (Å²) in [5.41, 5.74) is 3.87. The maximum atomic E-state index is 12.2. The second-order valence-electron chi connectivity index (χ2n) is 5.97. The maximum Gasteiger partial charge on any atom is 0.307 e. The van der Waals surface area contributed by atoms with Gasteiger partial charge in [-0.1, -0.05) is 11.3 Å². The Morgan fingerprint density at radius 2 is 2.00 bits per heavy atom. The Morgan fingerprint density at radius 1 is 1.26 bits per heavy atom. The average Bonchev–Trinajstić information content (AvgIpc) is 3.15. The van der Waals surface area contributed by atoms with Gasteiger partial charge >= 0.3 is 4.87 Å². The smallest absolute Gasteiger partial charge is 0.307 e. The van der Waals surface area contributed by atoms with Crippen molar-refractivity contribution >= 4 is 28.6 Å². The molecule has 0 aliphatic carbocycles. The van der Waals surface area contributed by atoms with Crippen molar-refractivity contribution in [1.29, 1.82) is 0 Å². The van der Waals surface area contributed by atoms with Crippen LogP contribution in [0.15, 0.2) is 28.4 Å². The number of amides is 1. The highest BCUT2D eigenvalue weighted by Gasteiger charge is 2.14. The van der Waals surface area contributed by atoms with E-state index in [0.717, 1.165) is 41.4 Å². The second kappa shape index (κ2) is 6.58. The zero-order valence-corrected chi connectivity index (χ0v) is 14.3. The number of hydrogen-bond donors (Lipinski definition) is 1. The maximum absolute atomic E-state index is 12.2. The molecule has 1 N–H and O–H groups in total. The quantitative estimate of drug-likeness (QED) is 0.937. The summed E-state index contributed by atoms with van der Waals surface area (Å²) in [7, 11) is 0. The Balaban J connectivity index is 1.70. The van der Waals surface area contributed by atoms with Gasteiger partial charge in [-0.3, -0.25) is 14.2 Å². The zero-order valence-electron chi connectivity index (χ0n) is 13.5. The lowest BCUT2D eigenvalue weighted by Crippen LogP contribution is -2.25. The molecule has 0 atom stereocenters. The van der Waals surface area contributed by atoms with Gasteiger partial charge in [0.25, 0.3) is 0 Å². The van der Waals surface area contributed by atoms with Crippen molar-refractivity contribution in [2.45, 2.75) is 33.2 Å². The molecule has 3 rings (SSSR count). The first-order chi connectivity index (χ1) is 11.0. The number of carbonyl (C=O) groups excluding carboxylic acids is 1. The largest absolute Gasteiger partial charge is 0.372 e. The predicted molar refractivity (Wildman–Crippen MR) is 94.6 cm³/mol. The van der Waals surface area contributed by atoms with Crippen molar-refractivity contribution in [2.24, 2.45) is 0 Å². The third kappa shape index (κ3) is 3.47. The predicted octanol–water partition coefficient (Wildman–Crippen LogP) is 2.77. The first-order valence-corrected chi connectivity index (χ1v) is 8.73. The lowest BCUT2D eigenvalue weighted by Gasteiger charge is -2.19.